The van der Waals surface area contributed by atoms with Crippen molar-refractivity contribution in [3.63, 3.8) is 0 Å². The third-order valence-electron chi connectivity index (χ3n) is 3.31. The van der Waals surface area contributed by atoms with E-state index in [1.54, 1.807) is 7.11 Å². The third-order valence-corrected chi connectivity index (χ3v) is 3.31. The van der Waals surface area contributed by atoms with Crippen LogP contribution in [-0.4, -0.2) is 55.7 Å². The molecule has 0 aromatic carbocycles. The van der Waals surface area contributed by atoms with Gasteiger partial charge in [0.2, 0.25) is 5.91 Å². The molecule has 104 valence electrons. The van der Waals surface area contributed by atoms with E-state index < -0.39 is 6.03 Å². The van der Waals surface area contributed by atoms with Gasteiger partial charge in [0, 0.05) is 26.7 Å². The molecular formula is C12H23N3O3. The number of carbonyl (C=O) groups is 2. The highest BCUT2D eigenvalue weighted by Gasteiger charge is 2.27. The largest absolute Gasteiger partial charge is 0.381 e. The fourth-order valence-electron chi connectivity index (χ4n) is 2.09. The Morgan fingerprint density at radius 3 is 2.50 bits per heavy atom. The van der Waals surface area contributed by atoms with E-state index in [0.717, 1.165) is 25.9 Å². The fraction of sp³-hybridized carbons (Fsp3) is 0.833. The van der Waals surface area contributed by atoms with Crippen molar-refractivity contribution in [3.8, 4) is 0 Å². The molecule has 1 atom stereocenters. The average molecular weight is 257 g/mol. The maximum Gasteiger partial charge on any atom is 0.321 e. The molecule has 1 rings (SSSR count). The number of likely N-dealkylation sites (tertiary alicyclic amines) is 1. The van der Waals surface area contributed by atoms with Crippen LogP contribution in [0.3, 0.4) is 0 Å². The van der Waals surface area contributed by atoms with Gasteiger partial charge in [-0.05, 0) is 26.7 Å². The van der Waals surface area contributed by atoms with Crippen molar-refractivity contribution in [2.24, 2.45) is 0 Å². The number of amides is 3. The number of hydrogen-bond donors (Lipinski definition) is 2. The van der Waals surface area contributed by atoms with Crippen molar-refractivity contribution >= 4 is 11.9 Å². The summed E-state index contributed by atoms with van der Waals surface area (Å²) >= 11 is 0. The quantitative estimate of drug-likeness (QED) is 0.761. The van der Waals surface area contributed by atoms with Crippen molar-refractivity contribution in [3.05, 3.63) is 0 Å². The van der Waals surface area contributed by atoms with Crippen LogP contribution in [0.25, 0.3) is 0 Å². The maximum atomic E-state index is 11.8. The maximum absolute atomic E-state index is 11.8. The van der Waals surface area contributed by atoms with Gasteiger partial charge in [0.15, 0.2) is 0 Å². The number of nitrogens with zero attached hydrogens (tertiary/aromatic N) is 1. The highest BCUT2D eigenvalue weighted by atomic mass is 16.5. The van der Waals surface area contributed by atoms with Gasteiger partial charge in [0.05, 0.1) is 12.1 Å². The first-order valence-corrected chi connectivity index (χ1v) is 6.44. The molecule has 1 aliphatic heterocycles. The average Bonchev–Trinajstić information content (AvgIpc) is 2.38. The summed E-state index contributed by atoms with van der Waals surface area (Å²) in [6.45, 7) is 5.78. The van der Waals surface area contributed by atoms with Crippen LogP contribution in [0.2, 0.25) is 0 Å². The zero-order valence-electron chi connectivity index (χ0n) is 11.4. The van der Waals surface area contributed by atoms with Gasteiger partial charge in [-0.2, -0.15) is 0 Å². The molecule has 0 spiro atoms. The van der Waals surface area contributed by atoms with Crippen LogP contribution in [0.5, 0.6) is 0 Å². The standard InChI is InChI=1S/C12H23N3O3/c1-4-13-12(17)14-11(16)9(2)15-7-5-10(18-3)6-8-15/h9-10H,4-8H2,1-3H3,(H2,13,14,16,17). The number of hydrogen-bond acceptors (Lipinski definition) is 4. The van der Waals surface area contributed by atoms with E-state index in [0.29, 0.717) is 12.6 Å². The van der Waals surface area contributed by atoms with Crippen molar-refractivity contribution < 1.29 is 14.3 Å². The first kappa shape index (κ1) is 14.9. The Kier molecular flexibility index (Phi) is 6.07. The number of methoxy groups -OCH3 is 1. The van der Waals surface area contributed by atoms with E-state index in [-0.39, 0.29) is 11.9 Å². The lowest BCUT2D eigenvalue weighted by molar-refractivity contribution is -0.125. The lowest BCUT2D eigenvalue weighted by atomic mass is 10.1. The minimum Gasteiger partial charge on any atom is -0.381 e. The summed E-state index contributed by atoms with van der Waals surface area (Å²) < 4.78 is 5.28. The Bertz CT molecular complexity index is 288. The number of imide groups is 1. The molecule has 1 saturated heterocycles. The number of rotatable bonds is 4. The molecule has 0 radical (unpaired) electrons. The zero-order chi connectivity index (χ0) is 13.5. The van der Waals surface area contributed by atoms with Crippen LogP contribution in [0.4, 0.5) is 4.79 Å². The predicted octanol–water partition coefficient (Wildman–Crippen LogP) is 0.331. The molecule has 1 unspecified atom stereocenters. The molecule has 0 bridgehead atoms. The summed E-state index contributed by atoms with van der Waals surface area (Å²) in [7, 11) is 1.71. The summed E-state index contributed by atoms with van der Waals surface area (Å²) in [4.78, 5) is 25.2. The highest BCUT2D eigenvalue weighted by molar-refractivity contribution is 5.96. The van der Waals surface area contributed by atoms with E-state index in [1.165, 1.54) is 0 Å². The fourth-order valence-corrected chi connectivity index (χ4v) is 2.09. The molecule has 18 heavy (non-hydrogen) atoms. The van der Waals surface area contributed by atoms with Gasteiger partial charge < -0.3 is 10.1 Å². The third kappa shape index (κ3) is 4.27. The minimum atomic E-state index is -0.430. The molecule has 1 fully saturated rings. The summed E-state index contributed by atoms with van der Waals surface area (Å²) in [5, 5.41) is 4.88. The van der Waals surface area contributed by atoms with E-state index in [4.69, 9.17) is 4.74 Å². The second-order valence-electron chi connectivity index (χ2n) is 4.50. The van der Waals surface area contributed by atoms with Gasteiger partial charge in [-0.25, -0.2) is 4.79 Å². The molecule has 0 saturated carbocycles. The summed E-state index contributed by atoms with van der Waals surface area (Å²) in [5.41, 5.74) is 0. The normalized spacial score (nSPS) is 19.3. The van der Waals surface area contributed by atoms with Gasteiger partial charge in [-0.3, -0.25) is 15.0 Å². The molecule has 1 heterocycles. The monoisotopic (exact) mass is 257 g/mol. The Morgan fingerprint density at radius 1 is 1.39 bits per heavy atom. The zero-order valence-corrected chi connectivity index (χ0v) is 11.4. The Morgan fingerprint density at radius 2 is 2.00 bits per heavy atom. The van der Waals surface area contributed by atoms with Gasteiger partial charge in [0.1, 0.15) is 0 Å². The Balaban J connectivity index is 2.37. The minimum absolute atomic E-state index is 0.253. The number of ether oxygens (including phenoxy) is 1. The van der Waals surface area contributed by atoms with Crippen LogP contribution in [0.15, 0.2) is 0 Å². The van der Waals surface area contributed by atoms with Crippen molar-refractivity contribution in [1.82, 2.24) is 15.5 Å². The van der Waals surface area contributed by atoms with Gasteiger partial charge in [-0.1, -0.05) is 0 Å². The lowest BCUT2D eigenvalue weighted by Gasteiger charge is -2.34. The second-order valence-corrected chi connectivity index (χ2v) is 4.50. The highest BCUT2D eigenvalue weighted by Crippen LogP contribution is 2.15. The van der Waals surface area contributed by atoms with Gasteiger partial charge in [-0.15, -0.1) is 0 Å². The number of urea groups is 1. The molecular weight excluding hydrogens is 234 g/mol. The lowest BCUT2D eigenvalue weighted by Crippen LogP contribution is -2.52. The van der Waals surface area contributed by atoms with Crippen LogP contribution >= 0.6 is 0 Å². The Hall–Kier alpha value is -1.14. The summed E-state index contributed by atoms with van der Waals surface area (Å²) in [6.07, 6.45) is 2.14. The first-order chi connectivity index (χ1) is 8.58. The van der Waals surface area contributed by atoms with Crippen LogP contribution in [0, 0.1) is 0 Å². The summed E-state index contributed by atoms with van der Waals surface area (Å²) in [5.74, 6) is -0.253. The first-order valence-electron chi connectivity index (χ1n) is 6.44. The van der Waals surface area contributed by atoms with Gasteiger partial charge >= 0.3 is 6.03 Å². The molecule has 2 N–H and O–H groups in total. The molecule has 0 aliphatic carbocycles. The Labute approximate surface area is 108 Å². The van der Waals surface area contributed by atoms with E-state index in [1.807, 2.05) is 13.8 Å². The molecule has 0 aromatic rings. The molecule has 0 aromatic heterocycles. The number of nitrogens with one attached hydrogen (secondary N) is 2. The molecule has 1 aliphatic rings. The van der Waals surface area contributed by atoms with Crippen LogP contribution in [0.1, 0.15) is 26.7 Å². The van der Waals surface area contributed by atoms with Crippen molar-refractivity contribution in [1.29, 1.82) is 0 Å². The molecule has 3 amide bonds. The smallest absolute Gasteiger partial charge is 0.321 e. The van der Waals surface area contributed by atoms with E-state index in [2.05, 4.69) is 15.5 Å². The summed E-state index contributed by atoms with van der Waals surface area (Å²) in [6, 6.07) is -0.716. The second kappa shape index (κ2) is 7.33. The molecule has 6 heteroatoms. The molecule has 6 nitrogen and oxygen atoms in total. The topological polar surface area (TPSA) is 70.7 Å². The number of piperidine rings is 1. The van der Waals surface area contributed by atoms with Crippen molar-refractivity contribution in [2.75, 3.05) is 26.7 Å². The van der Waals surface area contributed by atoms with Crippen LogP contribution < -0.4 is 10.6 Å². The SMILES string of the molecule is CCNC(=O)NC(=O)C(C)N1CCC(OC)CC1. The number of carbonyl (C=O) groups excluding carboxylic acids is 2. The van der Waals surface area contributed by atoms with E-state index >= 15 is 0 Å². The predicted molar refractivity (Wildman–Crippen MR) is 68.3 cm³/mol. The van der Waals surface area contributed by atoms with Crippen LogP contribution in [-0.2, 0) is 9.53 Å². The van der Waals surface area contributed by atoms with E-state index in [9.17, 15) is 9.59 Å². The van der Waals surface area contributed by atoms with Gasteiger partial charge in [0.25, 0.3) is 0 Å². The van der Waals surface area contributed by atoms with Crippen molar-refractivity contribution in [2.45, 2.75) is 38.8 Å².